The van der Waals surface area contributed by atoms with Crippen molar-refractivity contribution in [3.8, 4) is 0 Å². The van der Waals surface area contributed by atoms with Gasteiger partial charge < -0.3 is 11.1 Å². The van der Waals surface area contributed by atoms with Gasteiger partial charge in [0, 0.05) is 21.9 Å². The number of rotatable bonds is 2. The first kappa shape index (κ1) is 11.0. The zero-order valence-electron chi connectivity index (χ0n) is 8.11. The molecule has 1 heterocycles. The summed E-state index contributed by atoms with van der Waals surface area (Å²) in [6, 6.07) is 6.84. The molecule has 0 amide bonds. The number of nitrogen functional groups attached to an aromatic ring is 1. The number of halogens is 2. The van der Waals surface area contributed by atoms with Crippen LogP contribution in [0.4, 0.5) is 17.5 Å². The molecular weight excluding hydrogens is 247 g/mol. The Morgan fingerprint density at radius 3 is 2.44 bits per heavy atom. The number of hydrogen-bond acceptors (Lipinski definition) is 4. The highest BCUT2D eigenvalue weighted by molar-refractivity contribution is 6.35. The van der Waals surface area contributed by atoms with E-state index in [9.17, 15) is 0 Å². The quantitative estimate of drug-likeness (QED) is 0.865. The minimum Gasteiger partial charge on any atom is -0.368 e. The number of aromatic nitrogens is 2. The molecule has 0 fully saturated rings. The van der Waals surface area contributed by atoms with Gasteiger partial charge in [-0.2, -0.15) is 4.98 Å². The van der Waals surface area contributed by atoms with Crippen LogP contribution in [0, 0.1) is 0 Å². The van der Waals surface area contributed by atoms with Gasteiger partial charge in [-0.1, -0.05) is 23.2 Å². The van der Waals surface area contributed by atoms with Gasteiger partial charge in [-0.15, -0.1) is 0 Å². The predicted octanol–water partition coefficient (Wildman–Crippen LogP) is 3.11. The van der Waals surface area contributed by atoms with Crippen molar-refractivity contribution in [2.45, 2.75) is 0 Å². The Hall–Kier alpha value is -1.52. The van der Waals surface area contributed by atoms with Gasteiger partial charge in [-0.25, -0.2) is 4.98 Å². The first-order valence-electron chi connectivity index (χ1n) is 4.45. The summed E-state index contributed by atoms with van der Waals surface area (Å²) in [5, 5.41) is 4.13. The summed E-state index contributed by atoms with van der Waals surface area (Å²) in [4.78, 5) is 7.79. The summed E-state index contributed by atoms with van der Waals surface area (Å²) in [5.74, 6) is 0.795. The summed E-state index contributed by atoms with van der Waals surface area (Å²) < 4.78 is 0. The summed E-state index contributed by atoms with van der Waals surface area (Å²) in [6.45, 7) is 0. The minimum atomic E-state index is 0.207. The van der Waals surface area contributed by atoms with E-state index in [2.05, 4.69) is 15.3 Å². The highest BCUT2D eigenvalue weighted by atomic mass is 35.5. The third kappa shape index (κ3) is 2.74. The molecule has 0 aliphatic heterocycles. The molecule has 4 nitrogen and oxygen atoms in total. The zero-order chi connectivity index (χ0) is 11.5. The number of anilines is 3. The summed E-state index contributed by atoms with van der Waals surface area (Å²) in [6.07, 6.45) is 1.57. The molecule has 0 radical (unpaired) electrons. The van der Waals surface area contributed by atoms with Crippen molar-refractivity contribution in [2.24, 2.45) is 0 Å². The number of nitrogens with one attached hydrogen (secondary N) is 1. The van der Waals surface area contributed by atoms with Crippen molar-refractivity contribution in [3.63, 3.8) is 0 Å². The molecule has 0 atom stereocenters. The second kappa shape index (κ2) is 4.55. The lowest BCUT2D eigenvalue weighted by Gasteiger charge is -2.06. The molecule has 82 valence electrons. The van der Waals surface area contributed by atoms with Crippen LogP contribution < -0.4 is 11.1 Å². The Morgan fingerprint density at radius 2 is 1.81 bits per heavy atom. The molecule has 16 heavy (non-hydrogen) atoms. The van der Waals surface area contributed by atoms with E-state index in [1.165, 1.54) is 0 Å². The van der Waals surface area contributed by atoms with Crippen molar-refractivity contribution in [1.29, 1.82) is 0 Å². The molecule has 0 spiro atoms. The van der Waals surface area contributed by atoms with Crippen LogP contribution in [-0.2, 0) is 0 Å². The lowest BCUT2D eigenvalue weighted by atomic mass is 10.3. The van der Waals surface area contributed by atoms with E-state index in [4.69, 9.17) is 28.9 Å². The highest BCUT2D eigenvalue weighted by Crippen LogP contribution is 2.24. The van der Waals surface area contributed by atoms with Gasteiger partial charge in [-0.05, 0) is 24.3 Å². The second-order valence-corrected chi connectivity index (χ2v) is 3.96. The van der Waals surface area contributed by atoms with E-state index in [0.717, 1.165) is 5.69 Å². The first-order chi connectivity index (χ1) is 7.63. The Balaban J connectivity index is 2.27. The van der Waals surface area contributed by atoms with Crippen LogP contribution in [0.5, 0.6) is 0 Å². The number of hydrogen-bond donors (Lipinski definition) is 2. The average molecular weight is 255 g/mol. The van der Waals surface area contributed by atoms with Crippen molar-refractivity contribution in [1.82, 2.24) is 9.97 Å². The maximum Gasteiger partial charge on any atom is 0.221 e. The maximum absolute atomic E-state index is 5.87. The highest BCUT2D eigenvalue weighted by Gasteiger charge is 2.00. The Labute approximate surface area is 102 Å². The van der Waals surface area contributed by atoms with Crippen LogP contribution >= 0.6 is 23.2 Å². The topological polar surface area (TPSA) is 63.8 Å². The molecule has 1 aromatic carbocycles. The van der Waals surface area contributed by atoms with Gasteiger partial charge in [0.05, 0.1) is 0 Å². The lowest BCUT2D eigenvalue weighted by Crippen LogP contribution is -1.98. The average Bonchev–Trinajstić information content (AvgIpc) is 2.15. The molecule has 0 bridgehead atoms. The molecule has 2 aromatic rings. The third-order valence-corrected chi connectivity index (χ3v) is 2.25. The Kier molecular flexibility index (Phi) is 3.12. The maximum atomic E-state index is 5.87. The predicted molar refractivity (Wildman–Crippen MR) is 66.2 cm³/mol. The fourth-order valence-corrected chi connectivity index (χ4v) is 1.74. The molecule has 0 aliphatic rings. The van der Waals surface area contributed by atoms with Gasteiger partial charge >= 0.3 is 0 Å². The molecule has 0 unspecified atom stereocenters. The molecule has 2 rings (SSSR count). The van der Waals surface area contributed by atoms with Gasteiger partial charge in [0.1, 0.15) is 5.82 Å². The molecule has 0 saturated heterocycles. The van der Waals surface area contributed by atoms with E-state index in [1.807, 2.05) is 0 Å². The van der Waals surface area contributed by atoms with E-state index in [0.29, 0.717) is 15.9 Å². The van der Waals surface area contributed by atoms with E-state index >= 15 is 0 Å². The Morgan fingerprint density at radius 1 is 1.12 bits per heavy atom. The lowest BCUT2D eigenvalue weighted by molar-refractivity contribution is 1.18. The Bertz CT molecular complexity index is 496. The van der Waals surface area contributed by atoms with Crippen LogP contribution in [0.3, 0.4) is 0 Å². The van der Waals surface area contributed by atoms with E-state index < -0.39 is 0 Å². The number of nitrogens with zero attached hydrogens (tertiary/aromatic N) is 2. The van der Waals surface area contributed by atoms with E-state index in [1.54, 1.807) is 30.5 Å². The van der Waals surface area contributed by atoms with Crippen LogP contribution in [0.25, 0.3) is 0 Å². The smallest absolute Gasteiger partial charge is 0.221 e. The number of benzene rings is 1. The van der Waals surface area contributed by atoms with Crippen molar-refractivity contribution >= 4 is 40.7 Å². The molecular formula is C10H8Cl2N4. The molecule has 0 aliphatic carbocycles. The minimum absolute atomic E-state index is 0.207. The van der Waals surface area contributed by atoms with Crippen LogP contribution in [0.15, 0.2) is 30.5 Å². The van der Waals surface area contributed by atoms with Crippen LogP contribution in [-0.4, -0.2) is 9.97 Å². The second-order valence-electron chi connectivity index (χ2n) is 3.08. The van der Waals surface area contributed by atoms with Gasteiger partial charge in [0.2, 0.25) is 5.95 Å². The summed E-state index contributed by atoms with van der Waals surface area (Å²) in [7, 11) is 0. The first-order valence-corrected chi connectivity index (χ1v) is 5.21. The van der Waals surface area contributed by atoms with Crippen LogP contribution in [0.1, 0.15) is 0 Å². The molecule has 6 heteroatoms. The van der Waals surface area contributed by atoms with Crippen molar-refractivity contribution in [3.05, 3.63) is 40.5 Å². The normalized spacial score (nSPS) is 10.1. The SMILES string of the molecule is Nc1nccc(Nc2cc(Cl)cc(Cl)c2)n1. The summed E-state index contributed by atoms with van der Waals surface area (Å²) in [5.41, 5.74) is 6.20. The largest absolute Gasteiger partial charge is 0.368 e. The van der Waals surface area contributed by atoms with E-state index in [-0.39, 0.29) is 5.95 Å². The van der Waals surface area contributed by atoms with Gasteiger partial charge in [0.15, 0.2) is 0 Å². The van der Waals surface area contributed by atoms with Gasteiger partial charge in [0.25, 0.3) is 0 Å². The monoisotopic (exact) mass is 254 g/mol. The fourth-order valence-electron chi connectivity index (χ4n) is 1.22. The van der Waals surface area contributed by atoms with Gasteiger partial charge in [-0.3, -0.25) is 0 Å². The standard InChI is InChI=1S/C10H8Cl2N4/c11-6-3-7(12)5-8(4-6)15-9-1-2-14-10(13)16-9/h1-5H,(H3,13,14,15,16). The molecule has 3 N–H and O–H groups in total. The zero-order valence-corrected chi connectivity index (χ0v) is 9.63. The van der Waals surface area contributed by atoms with Crippen LogP contribution in [0.2, 0.25) is 10.0 Å². The number of nitrogens with two attached hydrogens (primary N) is 1. The third-order valence-electron chi connectivity index (χ3n) is 1.81. The van der Waals surface area contributed by atoms with Crippen molar-refractivity contribution in [2.75, 3.05) is 11.1 Å². The van der Waals surface area contributed by atoms with Crippen molar-refractivity contribution < 1.29 is 0 Å². The fraction of sp³-hybridized carbons (Fsp3) is 0. The molecule has 1 aromatic heterocycles. The summed E-state index contributed by atoms with van der Waals surface area (Å²) >= 11 is 11.7. The molecule has 0 saturated carbocycles.